The number of aromatic nitrogens is 1. The third-order valence-corrected chi connectivity index (χ3v) is 2.73. The van der Waals surface area contributed by atoms with Gasteiger partial charge < -0.3 is 5.32 Å². The van der Waals surface area contributed by atoms with Crippen LogP contribution in [-0.2, 0) is 0 Å². The van der Waals surface area contributed by atoms with Crippen molar-refractivity contribution in [1.82, 2.24) is 0 Å². The first-order chi connectivity index (χ1) is 7.08. The Morgan fingerprint density at radius 3 is 2.87 bits per heavy atom. The van der Waals surface area contributed by atoms with Crippen LogP contribution in [0, 0.1) is 10.1 Å². The molecule has 1 heterocycles. The van der Waals surface area contributed by atoms with E-state index in [1.165, 1.54) is 12.3 Å². The Labute approximate surface area is 93.8 Å². The van der Waals surface area contributed by atoms with Gasteiger partial charge in [0, 0.05) is 26.7 Å². The first-order valence-corrected chi connectivity index (χ1v) is 5.22. The van der Waals surface area contributed by atoms with Gasteiger partial charge in [-0.05, 0) is 12.8 Å². The fourth-order valence-corrected chi connectivity index (χ4v) is 1.54. The molecule has 0 aliphatic heterocycles. The molecule has 0 radical (unpaired) electrons. The zero-order valence-corrected chi connectivity index (χ0v) is 9.27. The molecule has 1 fully saturated rings. The maximum Gasteiger partial charge on any atom is 0.306 e. The molecular weight excluding hydrogens is 266 g/mol. The summed E-state index contributed by atoms with van der Waals surface area (Å²) in [6.45, 7) is 0. The second kappa shape index (κ2) is 3.65. The van der Waals surface area contributed by atoms with Crippen LogP contribution in [0.25, 0.3) is 0 Å². The van der Waals surface area contributed by atoms with Crippen LogP contribution in [0.3, 0.4) is 0 Å². The number of pyridine rings is 1. The van der Waals surface area contributed by atoms with E-state index in [0.717, 1.165) is 17.6 Å². The molecule has 0 spiro atoms. The van der Waals surface area contributed by atoms with E-state index in [4.69, 9.17) is 0 Å². The molecule has 6 nitrogen and oxygen atoms in total. The summed E-state index contributed by atoms with van der Waals surface area (Å²) in [7, 11) is 0. The van der Waals surface area contributed by atoms with Gasteiger partial charge in [-0.1, -0.05) is 0 Å². The average molecular weight is 275 g/mol. The number of halogens is 1. The Kier molecular flexibility index (Phi) is 2.47. The van der Waals surface area contributed by atoms with Crippen molar-refractivity contribution in [2.45, 2.75) is 18.9 Å². The molecule has 0 bridgehead atoms. The van der Waals surface area contributed by atoms with E-state index < -0.39 is 4.92 Å². The third-order valence-electron chi connectivity index (χ3n) is 2.14. The van der Waals surface area contributed by atoms with Crippen LogP contribution >= 0.6 is 15.9 Å². The monoisotopic (exact) mass is 274 g/mol. The second-order valence-electron chi connectivity index (χ2n) is 3.42. The van der Waals surface area contributed by atoms with Crippen molar-refractivity contribution in [3.05, 3.63) is 27.0 Å². The average Bonchev–Trinajstić information content (AvgIpc) is 2.94. The van der Waals surface area contributed by atoms with E-state index in [9.17, 15) is 15.3 Å². The smallest absolute Gasteiger partial charge is 0.306 e. The molecule has 2 N–H and O–H groups in total. The third kappa shape index (κ3) is 2.17. The van der Waals surface area contributed by atoms with Crippen LogP contribution in [-0.4, -0.2) is 16.2 Å². The van der Waals surface area contributed by atoms with Crippen LogP contribution in [0.1, 0.15) is 12.8 Å². The number of nitrogens with zero attached hydrogens (tertiary/aromatic N) is 2. The molecule has 1 aromatic rings. The molecule has 0 unspecified atom stereocenters. The normalized spacial score (nSPS) is 15.0. The molecule has 1 aliphatic rings. The Bertz CT molecular complexity index is 420. The summed E-state index contributed by atoms with van der Waals surface area (Å²) in [6, 6.07) is 1.56. The van der Waals surface area contributed by atoms with Crippen LogP contribution < -0.4 is 10.0 Å². The number of hydrogen-bond acceptors (Lipinski definition) is 4. The van der Waals surface area contributed by atoms with Gasteiger partial charge in [0.15, 0.2) is 5.69 Å². The lowest BCUT2D eigenvalue weighted by Crippen LogP contribution is -2.32. The highest BCUT2D eigenvalue weighted by molar-refractivity contribution is 9.10. The van der Waals surface area contributed by atoms with Crippen LogP contribution in [0.2, 0.25) is 0 Å². The molecule has 7 heteroatoms. The molecule has 0 aromatic carbocycles. The highest BCUT2D eigenvalue weighted by Crippen LogP contribution is 2.30. The van der Waals surface area contributed by atoms with Gasteiger partial charge in [-0.15, -0.1) is 0 Å². The zero-order valence-electron chi connectivity index (χ0n) is 7.68. The fourth-order valence-electron chi connectivity index (χ4n) is 1.22. The van der Waals surface area contributed by atoms with Crippen molar-refractivity contribution in [2.75, 3.05) is 5.32 Å². The first kappa shape index (κ1) is 10.2. The van der Waals surface area contributed by atoms with E-state index in [-0.39, 0.29) is 10.3 Å². The van der Waals surface area contributed by atoms with Crippen molar-refractivity contribution < 1.29 is 14.9 Å². The maximum atomic E-state index is 10.7. The van der Waals surface area contributed by atoms with Gasteiger partial charge in [0.05, 0.1) is 4.92 Å². The molecule has 1 aromatic heterocycles. The maximum absolute atomic E-state index is 10.7. The predicted octanol–water partition coefficient (Wildman–Crippen LogP) is 1.46. The summed E-state index contributed by atoms with van der Waals surface area (Å²) >= 11 is 3.01. The highest BCUT2D eigenvalue weighted by Gasteiger charge is 2.28. The summed E-state index contributed by atoms with van der Waals surface area (Å²) < 4.78 is 1.05. The van der Waals surface area contributed by atoms with E-state index in [1.807, 2.05) is 0 Å². The number of rotatable bonds is 3. The van der Waals surface area contributed by atoms with Crippen LogP contribution in [0.4, 0.5) is 11.4 Å². The molecule has 1 aliphatic carbocycles. The van der Waals surface area contributed by atoms with Crippen molar-refractivity contribution in [1.29, 1.82) is 0 Å². The lowest BCUT2D eigenvalue weighted by atomic mass is 10.3. The Morgan fingerprint density at radius 2 is 2.33 bits per heavy atom. The molecule has 2 rings (SSSR count). The number of nitro groups is 1. The van der Waals surface area contributed by atoms with E-state index in [0.29, 0.717) is 11.7 Å². The van der Waals surface area contributed by atoms with Crippen molar-refractivity contribution in [3.63, 3.8) is 0 Å². The standard InChI is InChI=1S/C8H9BrN3O3/c9-8-3-7(12(14)15)6(4-11(8)13)10-5-1-2-5/h3-5,10,13H,1-2H2/q+1. The topological polar surface area (TPSA) is 79.3 Å². The number of hydrogen-bond donors (Lipinski definition) is 2. The van der Waals surface area contributed by atoms with Crippen LogP contribution in [0.15, 0.2) is 16.9 Å². The lowest BCUT2D eigenvalue weighted by molar-refractivity contribution is -0.912. The molecule has 0 atom stereocenters. The van der Waals surface area contributed by atoms with Crippen LogP contribution in [0.5, 0.6) is 0 Å². The van der Waals surface area contributed by atoms with Crippen molar-refractivity contribution in [2.24, 2.45) is 0 Å². The SMILES string of the molecule is O=[N+]([O-])c1cc(Br)[n+](O)cc1NC1CC1. The minimum Gasteiger partial charge on any atom is -0.372 e. The first-order valence-electron chi connectivity index (χ1n) is 4.43. The van der Waals surface area contributed by atoms with Crippen molar-refractivity contribution in [3.8, 4) is 0 Å². The van der Waals surface area contributed by atoms with E-state index in [1.54, 1.807) is 0 Å². The molecule has 0 saturated heterocycles. The van der Waals surface area contributed by atoms with E-state index >= 15 is 0 Å². The largest absolute Gasteiger partial charge is 0.372 e. The predicted molar refractivity (Wildman–Crippen MR) is 54.8 cm³/mol. The summed E-state index contributed by atoms with van der Waals surface area (Å²) in [6.07, 6.45) is 3.32. The van der Waals surface area contributed by atoms with Gasteiger partial charge in [-0.25, -0.2) is 0 Å². The summed E-state index contributed by atoms with van der Waals surface area (Å²) in [5.74, 6) is 0. The number of anilines is 1. The summed E-state index contributed by atoms with van der Waals surface area (Å²) in [5.41, 5.74) is 0.298. The molecular formula is C8H9BrN3O3+. The minimum absolute atomic E-state index is 0.0425. The molecule has 0 amide bonds. The second-order valence-corrected chi connectivity index (χ2v) is 4.23. The lowest BCUT2D eigenvalue weighted by Gasteiger charge is -2.02. The summed E-state index contributed by atoms with van der Waals surface area (Å²) in [4.78, 5) is 10.3. The van der Waals surface area contributed by atoms with Crippen molar-refractivity contribution >= 4 is 27.3 Å². The van der Waals surface area contributed by atoms with Gasteiger partial charge in [0.25, 0.3) is 6.20 Å². The van der Waals surface area contributed by atoms with Gasteiger partial charge in [-0.2, -0.15) is 0 Å². The summed E-state index contributed by atoms with van der Waals surface area (Å²) in [5, 5.41) is 23.1. The quantitative estimate of drug-likeness (QED) is 0.288. The zero-order chi connectivity index (χ0) is 11.0. The Hall–Kier alpha value is -1.37. The fraction of sp³-hybridized carbons (Fsp3) is 0.375. The van der Waals surface area contributed by atoms with E-state index in [2.05, 4.69) is 21.2 Å². The van der Waals surface area contributed by atoms with Gasteiger partial charge >= 0.3 is 10.3 Å². The Morgan fingerprint density at radius 1 is 1.67 bits per heavy atom. The van der Waals surface area contributed by atoms with Gasteiger partial charge in [0.2, 0.25) is 0 Å². The minimum atomic E-state index is -0.477. The van der Waals surface area contributed by atoms with Gasteiger partial charge in [0.1, 0.15) is 6.07 Å². The highest BCUT2D eigenvalue weighted by atomic mass is 79.9. The Balaban J connectivity index is 2.39. The number of nitrogens with one attached hydrogen (secondary N) is 1. The molecule has 1 saturated carbocycles. The molecule has 80 valence electrons. The molecule has 15 heavy (non-hydrogen) atoms. The van der Waals surface area contributed by atoms with Gasteiger partial charge in [-0.3, -0.25) is 15.3 Å².